The van der Waals surface area contributed by atoms with Crippen molar-refractivity contribution in [1.82, 2.24) is 4.98 Å². The van der Waals surface area contributed by atoms with Crippen molar-refractivity contribution < 1.29 is 13.9 Å². The number of carbonyl (C=O) groups excluding carboxylic acids is 1. The van der Waals surface area contributed by atoms with Gasteiger partial charge in [-0.3, -0.25) is 10.1 Å². The van der Waals surface area contributed by atoms with Gasteiger partial charge >= 0.3 is 0 Å². The second kappa shape index (κ2) is 7.93. The molecule has 2 aromatic heterocycles. The van der Waals surface area contributed by atoms with Gasteiger partial charge in [-0.2, -0.15) is 0 Å². The molecule has 29 heavy (non-hydrogen) atoms. The van der Waals surface area contributed by atoms with Crippen molar-refractivity contribution in [2.75, 3.05) is 12.4 Å². The molecule has 0 bridgehead atoms. The van der Waals surface area contributed by atoms with Crippen LogP contribution in [-0.2, 0) is 4.79 Å². The van der Waals surface area contributed by atoms with E-state index >= 15 is 0 Å². The number of anilines is 1. The second-order valence-electron chi connectivity index (χ2n) is 6.67. The lowest BCUT2D eigenvalue weighted by molar-refractivity contribution is -0.111. The lowest BCUT2D eigenvalue weighted by Crippen LogP contribution is -2.08. The van der Waals surface area contributed by atoms with E-state index in [2.05, 4.69) is 10.3 Å². The molecule has 5 nitrogen and oxygen atoms in total. The van der Waals surface area contributed by atoms with E-state index in [0.29, 0.717) is 10.9 Å². The number of thiazole rings is 1. The predicted octanol–water partition coefficient (Wildman–Crippen LogP) is 5.92. The molecule has 0 saturated carbocycles. The molecule has 0 radical (unpaired) electrons. The number of nitrogens with one attached hydrogen (secondary N) is 1. The summed E-state index contributed by atoms with van der Waals surface area (Å²) in [7, 11) is 1.61. The zero-order chi connectivity index (χ0) is 20.4. The number of ether oxygens (including phenoxy) is 1. The Kier molecular flexibility index (Phi) is 5.18. The molecule has 1 N–H and O–H groups in total. The van der Waals surface area contributed by atoms with E-state index < -0.39 is 0 Å². The number of hydrogen-bond donors (Lipinski definition) is 1. The van der Waals surface area contributed by atoms with Crippen molar-refractivity contribution in [3.05, 3.63) is 71.4 Å². The third-order valence-corrected chi connectivity index (χ3v) is 5.48. The quantitative estimate of drug-likeness (QED) is 0.420. The van der Waals surface area contributed by atoms with Gasteiger partial charge in [0.1, 0.15) is 11.3 Å². The fourth-order valence-corrected chi connectivity index (χ4v) is 3.89. The number of nitrogens with zero attached hydrogens (tertiary/aromatic N) is 1. The summed E-state index contributed by atoms with van der Waals surface area (Å²) < 4.78 is 11.3. The first-order valence-electron chi connectivity index (χ1n) is 9.11. The molecule has 1 amide bonds. The Morgan fingerprint density at radius 3 is 2.72 bits per heavy atom. The molecule has 0 aliphatic rings. The Labute approximate surface area is 172 Å². The number of carbonyl (C=O) groups is 1. The summed E-state index contributed by atoms with van der Waals surface area (Å²) in [5.74, 6) is 0.424. The van der Waals surface area contributed by atoms with Gasteiger partial charge in [0.15, 0.2) is 5.13 Å². The van der Waals surface area contributed by atoms with Crippen molar-refractivity contribution in [1.29, 1.82) is 0 Å². The Morgan fingerprint density at radius 2 is 2.03 bits per heavy atom. The molecule has 0 saturated heterocycles. The molecule has 0 atom stereocenters. The number of aryl methyl sites for hydroxylation is 1. The molecule has 4 aromatic rings. The van der Waals surface area contributed by atoms with Gasteiger partial charge in [-0.15, -0.1) is 11.3 Å². The number of amides is 1. The highest BCUT2D eigenvalue weighted by Gasteiger charge is 2.15. The molecule has 0 spiro atoms. The first kappa shape index (κ1) is 19.0. The van der Waals surface area contributed by atoms with E-state index in [0.717, 1.165) is 38.9 Å². The Bertz CT molecular complexity index is 1210. The zero-order valence-electron chi connectivity index (χ0n) is 16.4. The number of fused-ring (bicyclic) bond motifs is 1. The van der Waals surface area contributed by atoms with Crippen molar-refractivity contribution >= 4 is 38.9 Å². The summed E-state index contributed by atoms with van der Waals surface area (Å²) in [6.45, 7) is 3.78. The van der Waals surface area contributed by atoms with Gasteiger partial charge in [0.25, 0.3) is 0 Å². The minimum Gasteiger partial charge on any atom is -0.496 e. The van der Waals surface area contributed by atoms with Crippen LogP contribution in [0.4, 0.5) is 5.13 Å². The van der Waals surface area contributed by atoms with Gasteiger partial charge < -0.3 is 9.15 Å². The average molecular weight is 404 g/mol. The maximum Gasteiger partial charge on any atom is 0.250 e. The minimum atomic E-state index is -0.227. The van der Waals surface area contributed by atoms with E-state index in [1.807, 2.05) is 61.7 Å². The van der Waals surface area contributed by atoms with Crippen LogP contribution in [0.25, 0.3) is 27.7 Å². The molecule has 0 fully saturated rings. The van der Waals surface area contributed by atoms with Crippen LogP contribution in [0.5, 0.6) is 5.75 Å². The standard InChI is InChI=1S/C23H20N2O3S/c1-14(9-22(26)25-23-24-15(2)13-29-23)17-10-18-19(16-7-5-4-6-8-16)12-28-21(18)11-20(17)27-3/h4-13H,1-3H3,(H,24,25,26)/b14-9+. The van der Waals surface area contributed by atoms with Crippen LogP contribution in [0.3, 0.4) is 0 Å². The van der Waals surface area contributed by atoms with Gasteiger partial charge in [0.05, 0.1) is 19.1 Å². The number of aromatic nitrogens is 1. The summed E-state index contributed by atoms with van der Waals surface area (Å²) in [5, 5.41) is 6.25. The van der Waals surface area contributed by atoms with Gasteiger partial charge in [-0.25, -0.2) is 4.98 Å². The number of hydrogen-bond acceptors (Lipinski definition) is 5. The first-order chi connectivity index (χ1) is 14.0. The maximum absolute atomic E-state index is 12.4. The van der Waals surface area contributed by atoms with Gasteiger partial charge in [0, 0.05) is 34.0 Å². The number of methoxy groups -OCH3 is 1. The third-order valence-electron chi connectivity index (χ3n) is 4.60. The molecule has 0 unspecified atom stereocenters. The van der Waals surface area contributed by atoms with Crippen molar-refractivity contribution in [2.24, 2.45) is 0 Å². The lowest BCUT2D eigenvalue weighted by atomic mass is 9.99. The third kappa shape index (κ3) is 3.93. The first-order valence-corrected chi connectivity index (χ1v) is 9.99. The van der Waals surface area contributed by atoms with Gasteiger partial charge in [-0.1, -0.05) is 30.3 Å². The van der Waals surface area contributed by atoms with Crippen LogP contribution < -0.4 is 10.1 Å². The van der Waals surface area contributed by atoms with Crippen LogP contribution in [0.15, 0.2) is 64.6 Å². The summed E-state index contributed by atoms with van der Waals surface area (Å²) in [5.41, 5.74) is 5.31. The Hall–Kier alpha value is -3.38. The van der Waals surface area contributed by atoms with E-state index in [1.165, 1.54) is 11.3 Å². The molecule has 4 rings (SSSR count). The monoisotopic (exact) mass is 404 g/mol. The fraction of sp³-hybridized carbons (Fsp3) is 0.130. The highest BCUT2D eigenvalue weighted by atomic mass is 32.1. The molecule has 2 heterocycles. The van der Waals surface area contributed by atoms with Crippen molar-refractivity contribution in [3.8, 4) is 16.9 Å². The topological polar surface area (TPSA) is 64.4 Å². The normalized spacial score (nSPS) is 11.6. The summed E-state index contributed by atoms with van der Waals surface area (Å²) >= 11 is 1.40. The largest absolute Gasteiger partial charge is 0.496 e. The molecular formula is C23H20N2O3S. The molecule has 146 valence electrons. The second-order valence-corrected chi connectivity index (χ2v) is 7.53. The number of allylic oxidation sites excluding steroid dienone is 1. The SMILES string of the molecule is COc1cc2occ(-c3ccccc3)c2cc1/C(C)=C/C(=O)Nc1nc(C)cs1. The highest BCUT2D eigenvalue weighted by Crippen LogP contribution is 2.37. The molecule has 6 heteroatoms. The van der Waals surface area contributed by atoms with Crippen molar-refractivity contribution in [2.45, 2.75) is 13.8 Å². The Balaban J connectivity index is 1.72. The summed E-state index contributed by atoms with van der Waals surface area (Å²) in [4.78, 5) is 16.7. The lowest BCUT2D eigenvalue weighted by Gasteiger charge is -2.10. The summed E-state index contributed by atoms with van der Waals surface area (Å²) in [6.07, 6.45) is 3.31. The number of rotatable bonds is 5. The minimum absolute atomic E-state index is 0.227. The fourth-order valence-electron chi connectivity index (χ4n) is 3.20. The predicted molar refractivity (Wildman–Crippen MR) is 117 cm³/mol. The van der Waals surface area contributed by atoms with E-state index in [4.69, 9.17) is 9.15 Å². The molecule has 2 aromatic carbocycles. The molecule has 0 aliphatic heterocycles. The van der Waals surface area contributed by atoms with Gasteiger partial charge in [0.2, 0.25) is 5.91 Å². The molecule has 0 aliphatic carbocycles. The molecular weight excluding hydrogens is 384 g/mol. The van der Waals surface area contributed by atoms with Gasteiger partial charge in [-0.05, 0) is 31.1 Å². The smallest absolute Gasteiger partial charge is 0.250 e. The van der Waals surface area contributed by atoms with Crippen LogP contribution >= 0.6 is 11.3 Å². The van der Waals surface area contributed by atoms with Crippen LogP contribution in [0, 0.1) is 6.92 Å². The summed E-state index contributed by atoms with van der Waals surface area (Å²) in [6, 6.07) is 13.9. The van der Waals surface area contributed by atoms with E-state index in [1.54, 1.807) is 19.4 Å². The van der Waals surface area contributed by atoms with E-state index in [9.17, 15) is 4.79 Å². The number of furan rings is 1. The Morgan fingerprint density at radius 1 is 1.24 bits per heavy atom. The van der Waals surface area contributed by atoms with Crippen LogP contribution in [-0.4, -0.2) is 18.0 Å². The van der Waals surface area contributed by atoms with Crippen molar-refractivity contribution in [3.63, 3.8) is 0 Å². The van der Waals surface area contributed by atoms with E-state index in [-0.39, 0.29) is 5.91 Å². The average Bonchev–Trinajstić information content (AvgIpc) is 3.32. The zero-order valence-corrected chi connectivity index (χ0v) is 17.2. The van der Waals surface area contributed by atoms with Crippen LogP contribution in [0.1, 0.15) is 18.2 Å². The highest BCUT2D eigenvalue weighted by molar-refractivity contribution is 7.13. The number of benzene rings is 2. The van der Waals surface area contributed by atoms with Crippen LogP contribution in [0.2, 0.25) is 0 Å². The maximum atomic E-state index is 12.4.